The molecule has 34 heavy (non-hydrogen) atoms. The zero-order chi connectivity index (χ0) is 24.6. The van der Waals surface area contributed by atoms with Gasteiger partial charge in [0.15, 0.2) is 0 Å². The summed E-state index contributed by atoms with van der Waals surface area (Å²) in [5, 5.41) is 9.30. The van der Waals surface area contributed by atoms with Gasteiger partial charge < -0.3 is 14.2 Å². The number of alkyl halides is 3. The first-order valence-electron chi connectivity index (χ1n) is 10.8. The molecule has 178 valence electrons. The Morgan fingerprint density at radius 3 is 2.62 bits per heavy atom. The summed E-state index contributed by atoms with van der Waals surface area (Å²) in [6.07, 6.45) is -4.74. The van der Waals surface area contributed by atoms with Gasteiger partial charge in [0.05, 0.1) is 11.2 Å². The molecule has 0 aliphatic carbocycles. The van der Waals surface area contributed by atoms with Crippen molar-refractivity contribution in [2.45, 2.75) is 38.8 Å². The Labute approximate surface area is 194 Å². The van der Waals surface area contributed by atoms with E-state index in [9.17, 15) is 23.2 Å². The van der Waals surface area contributed by atoms with Crippen LogP contribution in [0.15, 0.2) is 47.3 Å². The molecule has 3 heterocycles. The number of benzene rings is 1. The number of pyridine rings is 2. The van der Waals surface area contributed by atoms with Crippen LogP contribution in [0.4, 0.5) is 18.9 Å². The van der Waals surface area contributed by atoms with Crippen molar-refractivity contribution < 1.29 is 17.9 Å². The molecule has 0 saturated carbocycles. The number of aryl methyl sites for hydroxylation is 1. The van der Waals surface area contributed by atoms with Crippen LogP contribution in [0.3, 0.4) is 0 Å². The molecule has 0 radical (unpaired) electrons. The van der Waals surface area contributed by atoms with Crippen LogP contribution in [-0.2, 0) is 13.6 Å². The van der Waals surface area contributed by atoms with Gasteiger partial charge in [-0.05, 0) is 43.7 Å². The average Bonchev–Trinajstić information content (AvgIpc) is 2.77. The molecule has 4 rings (SSSR count). The summed E-state index contributed by atoms with van der Waals surface area (Å²) >= 11 is 0. The van der Waals surface area contributed by atoms with Gasteiger partial charge in [0, 0.05) is 44.8 Å². The molecule has 2 atom stereocenters. The number of aromatic nitrogens is 2. The van der Waals surface area contributed by atoms with Crippen molar-refractivity contribution in [1.82, 2.24) is 14.5 Å². The monoisotopic (exact) mass is 471 g/mol. The first-order chi connectivity index (χ1) is 16.1. The van der Waals surface area contributed by atoms with Crippen molar-refractivity contribution >= 4 is 16.7 Å². The summed E-state index contributed by atoms with van der Waals surface area (Å²) in [7, 11) is 1.67. The summed E-state index contributed by atoms with van der Waals surface area (Å²) in [4.78, 5) is 21.4. The first kappa shape index (κ1) is 23.6. The molecule has 1 aromatic carbocycles. The van der Waals surface area contributed by atoms with Gasteiger partial charge in [-0.15, -0.1) is 13.2 Å². The van der Waals surface area contributed by atoms with Gasteiger partial charge in [-0.3, -0.25) is 9.69 Å². The quantitative estimate of drug-likeness (QED) is 0.576. The Morgan fingerprint density at radius 1 is 1.15 bits per heavy atom. The molecule has 0 spiro atoms. The Balaban J connectivity index is 1.59. The molecular weight excluding hydrogens is 447 g/mol. The highest BCUT2D eigenvalue weighted by Crippen LogP contribution is 2.30. The minimum absolute atomic E-state index is 0.00587. The SMILES string of the molecule is C[C@@H]1CN(c2cc(=O)n(C)c3ccc(C#N)nc23)[C@@H](C)CN1Cc1cccc(OC(F)(F)F)c1. The number of rotatable bonds is 4. The smallest absolute Gasteiger partial charge is 0.406 e. The summed E-state index contributed by atoms with van der Waals surface area (Å²) < 4.78 is 43.3. The third kappa shape index (κ3) is 4.84. The number of anilines is 1. The number of piperazine rings is 1. The van der Waals surface area contributed by atoms with Gasteiger partial charge in [0.1, 0.15) is 23.0 Å². The van der Waals surface area contributed by atoms with Crippen molar-refractivity contribution in [2.75, 3.05) is 18.0 Å². The molecule has 0 unspecified atom stereocenters. The van der Waals surface area contributed by atoms with E-state index in [-0.39, 0.29) is 29.1 Å². The average molecular weight is 471 g/mol. The fraction of sp³-hybridized carbons (Fsp3) is 0.375. The standard InChI is InChI=1S/C24H24F3N5O2/c1-15-13-32(21-10-22(33)30(3)20-8-7-18(11-28)29-23(20)21)16(2)12-31(15)14-17-5-4-6-19(9-17)34-24(25,26)27/h4-10,15-16H,12-14H2,1-3H3/t15-,16+/m1/s1. The Bertz CT molecular complexity index is 1310. The van der Waals surface area contributed by atoms with Gasteiger partial charge >= 0.3 is 6.36 Å². The molecule has 10 heteroatoms. The first-order valence-corrected chi connectivity index (χ1v) is 10.8. The highest BCUT2D eigenvalue weighted by Gasteiger charge is 2.32. The molecule has 3 aromatic rings. The summed E-state index contributed by atoms with van der Waals surface area (Å²) in [5.41, 5.74) is 2.73. The number of fused-ring (bicyclic) bond motifs is 1. The highest BCUT2D eigenvalue weighted by molar-refractivity contribution is 5.89. The number of ether oxygens (including phenoxy) is 1. The van der Waals surface area contributed by atoms with E-state index in [1.54, 1.807) is 37.4 Å². The maximum atomic E-state index is 12.6. The van der Waals surface area contributed by atoms with Gasteiger partial charge in [0.25, 0.3) is 5.56 Å². The second kappa shape index (κ2) is 8.99. The lowest BCUT2D eigenvalue weighted by Crippen LogP contribution is -2.56. The van der Waals surface area contributed by atoms with Crippen molar-refractivity contribution in [1.29, 1.82) is 5.26 Å². The van der Waals surface area contributed by atoms with Crippen LogP contribution in [0.2, 0.25) is 0 Å². The van der Waals surface area contributed by atoms with Crippen LogP contribution in [0, 0.1) is 11.3 Å². The van der Waals surface area contributed by atoms with Crippen LogP contribution in [0.25, 0.3) is 11.0 Å². The lowest BCUT2D eigenvalue weighted by Gasteiger charge is -2.45. The molecule has 1 fully saturated rings. The zero-order valence-corrected chi connectivity index (χ0v) is 19.0. The molecule has 7 nitrogen and oxygen atoms in total. The third-order valence-corrected chi connectivity index (χ3v) is 6.13. The zero-order valence-electron chi connectivity index (χ0n) is 19.0. The minimum Gasteiger partial charge on any atom is -0.406 e. The molecule has 2 aromatic heterocycles. The second-order valence-corrected chi connectivity index (χ2v) is 8.58. The number of hydrogen-bond acceptors (Lipinski definition) is 6. The Morgan fingerprint density at radius 2 is 1.91 bits per heavy atom. The van der Waals surface area contributed by atoms with Crippen LogP contribution in [0.1, 0.15) is 25.1 Å². The van der Waals surface area contributed by atoms with E-state index in [0.717, 1.165) is 0 Å². The van der Waals surface area contributed by atoms with E-state index in [2.05, 4.69) is 25.6 Å². The van der Waals surface area contributed by atoms with E-state index in [4.69, 9.17) is 0 Å². The van der Waals surface area contributed by atoms with E-state index in [0.29, 0.717) is 41.9 Å². The highest BCUT2D eigenvalue weighted by atomic mass is 19.4. The fourth-order valence-electron chi connectivity index (χ4n) is 4.42. The lowest BCUT2D eigenvalue weighted by atomic mass is 10.0. The fourth-order valence-corrected chi connectivity index (χ4v) is 4.42. The number of nitriles is 1. The Kier molecular flexibility index (Phi) is 6.23. The van der Waals surface area contributed by atoms with Crippen molar-refractivity contribution in [3.8, 4) is 11.8 Å². The number of nitrogens with zero attached hydrogens (tertiary/aromatic N) is 5. The lowest BCUT2D eigenvalue weighted by molar-refractivity contribution is -0.274. The molecule has 1 saturated heterocycles. The van der Waals surface area contributed by atoms with Crippen molar-refractivity contribution in [2.24, 2.45) is 7.05 Å². The van der Waals surface area contributed by atoms with Gasteiger partial charge in [-0.1, -0.05) is 12.1 Å². The second-order valence-electron chi connectivity index (χ2n) is 8.58. The number of halogens is 3. The molecule has 1 aliphatic rings. The van der Waals surface area contributed by atoms with E-state index >= 15 is 0 Å². The molecule has 0 amide bonds. The van der Waals surface area contributed by atoms with Crippen LogP contribution in [-0.4, -0.2) is 46.0 Å². The predicted molar refractivity (Wildman–Crippen MR) is 122 cm³/mol. The topological polar surface area (TPSA) is 74.4 Å². The third-order valence-electron chi connectivity index (χ3n) is 6.13. The van der Waals surface area contributed by atoms with E-state index < -0.39 is 6.36 Å². The van der Waals surface area contributed by atoms with Gasteiger partial charge in [-0.25, -0.2) is 4.98 Å². The van der Waals surface area contributed by atoms with Crippen molar-refractivity contribution in [3.05, 3.63) is 64.1 Å². The summed E-state index contributed by atoms with van der Waals surface area (Å²) in [6, 6.07) is 13.0. The minimum atomic E-state index is -4.74. The molecule has 0 N–H and O–H groups in total. The maximum Gasteiger partial charge on any atom is 0.573 e. The summed E-state index contributed by atoms with van der Waals surface area (Å²) in [6.45, 7) is 5.73. The van der Waals surface area contributed by atoms with Crippen LogP contribution in [0.5, 0.6) is 5.75 Å². The van der Waals surface area contributed by atoms with Crippen molar-refractivity contribution in [3.63, 3.8) is 0 Å². The van der Waals surface area contributed by atoms with Crippen LogP contribution >= 0.6 is 0 Å². The normalized spacial score (nSPS) is 19.3. The summed E-state index contributed by atoms with van der Waals surface area (Å²) in [5.74, 6) is -0.240. The van der Waals surface area contributed by atoms with E-state index in [1.807, 2.05) is 13.8 Å². The van der Waals surface area contributed by atoms with Gasteiger partial charge in [-0.2, -0.15) is 5.26 Å². The Hall–Kier alpha value is -3.58. The van der Waals surface area contributed by atoms with Gasteiger partial charge in [0.2, 0.25) is 0 Å². The molecular formula is C24H24F3N5O2. The largest absolute Gasteiger partial charge is 0.573 e. The maximum absolute atomic E-state index is 12.6. The van der Waals surface area contributed by atoms with E-state index in [1.165, 1.54) is 16.7 Å². The molecule has 1 aliphatic heterocycles. The molecule has 0 bridgehead atoms. The number of hydrogen-bond donors (Lipinski definition) is 0. The van der Waals surface area contributed by atoms with Crippen LogP contribution < -0.4 is 15.2 Å². The predicted octanol–water partition coefficient (Wildman–Crippen LogP) is 3.80.